The van der Waals surface area contributed by atoms with Gasteiger partial charge in [-0.15, -0.1) is 11.3 Å². The molecular weight excluding hydrogens is 510 g/mol. The molecule has 202 valence electrons. The Labute approximate surface area is 232 Å². The molecule has 0 spiro atoms. The van der Waals surface area contributed by atoms with Crippen LogP contribution in [-0.4, -0.2) is 36.3 Å². The Bertz CT molecular complexity index is 1470. The first kappa shape index (κ1) is 25.4. The van der Waals surface area contributed by atoms with E-state index in [9.17, 15) is 4.79 Å². The Balaban J connectivity index is 1.45. The number of rotatable bonds is 6. The van der Waals surface area contributed by atoms with Gasteiger partial charge >= 0.3 is 6.03 Å². The third-order valence-electron chi connectivity index (χ3n) is 7.55. The average molecular weight is 544 g/mol. The Morgan fingerprint density at radius 1 is 0.974 bits per heavy atom. The van der Waals surface area contributed by atoms with Gasteiger partial charge in [0, 0.05) is 40.5 Å². The standard InChI is InChI=1S/C31H33N3O4S/c1-4-38-22-13-11-20(12-14-22)29-27-9-7-15-33(27)30-26(25-8-5-6-10-28(25)39-30)19-34(29)31(35)32-21-16-23(36-2)18-24(17-21)37-3/h7,9,11-18,29H,4-6,8,10,19H2,1-3H3,(H,32,35)/t29-/m1/s1. The number of benzene rings is 2. The van der Waals surface area contributed by atoms with E-state index in [4.69, 9.17) is 14.2 Å². The van der Waals surface area contributed by atoms with Gasteiger partial charge in [0.15, 0.2) is 0 Å². The van der Waals surface area contributed by atoms with E-state index in [1.807, 2.05) is 47.4 Å². The number of aryl methyl sites for hydroxylation is 1. The number of hydrogen-bond acceptors (Lipinski definition) is 5. The highest BCUT2D eigenvalue weighted by molar-refractivity contribution is 7.15. The van der Waals surface area contributed by atoms with Crippen LogP contribution in [0.5, 0.6) is 17.2 Å². The highest BCUT2D eigenvalue weighted by Crippen LogP contribution is 2.44. The van der Waals surface area contributed by atoms with Crippen LogP contribution in [0.25, 0.3) is 5.00 Å². The number of ether oxygens (including phenoxy) is 3. The van der Waals surface area contributed by atoms with Crippen LogP contribution < -0.4 is 19.5 Å². The van der Waals surface area contributed by atoms with E-state index in [0.29, 0.717) is 30.3 Å². The second-order valence-electron chi connectivity index (χ2n) is 9.86. The third kappa shape index (κ3) is 4.74. The van der Waals surface area contributed by atoms with Crippen LogP contribution >= 0.6 is 11.3 Å². The molecule has 3 heterocycles. The van der Waals surface area contributed by atoms with Gasteiger partial charge in [0.05, 0.1) is 39.1 Å². The topological polar surface area (TPSA) is 65.0 Å². The van der Waals surface area contributed by atoms with Crippen LogP contribution in [0.1, 0.15) is 53.1 Å². The monoisotopic (exact) mass is 543 g/mol. The lowest BCUT2D eigenvalue weighted by molar-refractivity contribution is 0.194. The summed E-state index contributed by atoms with van der Waals surface area (Å²) in [6.45, 7) is 3.11. The van der Waals surface area contributed by atoms with Crippen molar-refractivity contribution in [3.8, 4) is 22.2 Å². The van der Waals surface area contributed by atoms with Gasteiger partial charge in [-0.05, 0) is 68.0 Å². The number of methoxy groups -OCH3 is 2. The molecule has 2 amide bonds. The summed E-state index contributed by atoms with van der Waals surface area (Å²) in [5.74, 6) is 2.05. The minimum atomic E-state index is -0.290. The number of urea groups is 1. The zero-order valence-corrected chi connectivity index (χ0v) is 23.3. The molecule has 2 aliphatic rings. The number of fused-ring (bicyclic) bond motifs is 5. The van der Waals surface area contributed by atoms with Crippen molar-refractivity contribution < 1.29 is 19.0 Å². The molecule has 0 saturated heterocycles. The second kappa shape index (κ2) is 10.7. The van der Waals surface area contributed by atoms with E-state index in [1.54, 1.807) is 20.3 Å². The van der Waals surface area contributed by atoms with Crippen molar-refractivity contribution in [1.29, 1.82) is 0 Å². The molecule has 7 nitrogen and oxygen atoms in total. The number of anilines is 1. The molecule has 0 bridgehead atoms. The molecular formula is C31H33N3O4S. The van der Waals surface area contributed by atoms with Crippen molar-refractivity contribution in [2.45, 2.75) is 45.2 Å². The van der Waals surface area contributed by atoms with E-state index < -0.39 is 0 Å². The van der Waals surface area contributed by atoms with Crippen LogP contribution in [0.15, 0.2) is 60.8 Å². The Morgan fingerprint density at radius 3 is 2.44 bits per heavy atom. The number of carbonyl (C=O) groups excluding carboxylic acids is 1. The molecule has 8 heteroatoms. The minimum absolute atomic E-state index is 0.180. The normalized spacial score (nSPS) is 16.0. The van der Waals surface area contributed by atoms with Crippen LogP contribution in [-0.2, 0) is 19.4 Å². The number of nitrogens with one attached hydrogen (secondary N) is 1. The smallest absolute Gasteiger partial charge is 0.322 e. The quantitative estimate of drug-likeness (QED) is 0.285. The Kier molecular flexibility index (Phi) is 6.95. The lowest BCUT2D eigenvalue weighted by Gasteiger charge is -2.31. The molecule has 1 aliphatic carbocycles. The summed E-state index contributed by atoms with van der Waals surface area (Å²) in [4.78, 5) is 17.6. The SMILES string of the molecule is CCOc1ccc([C@@H]2c3cccn3-c3sc4c(c3CN2C(=O)Nc2cc(OC)cc(OC)c2)CCCC4)cc1. The molecule has 1 atom stereocenters. The number of thiophene rings is 1. The maximum absolute atomic E-state index is 14.2. The van der Waals surface area contributed by atoms with Gasteiger partial charge in [-0.25, -0.2) is 4.79 Å². The maximum atomic E-state index is 14.2. The zero-order valence-electron chi connectivity index (χ0n) is 22.5. The summed E-state index contributed by atoms with van der Waals surface area (Å²) in [5.41, 5.74) is 5.40. The summed E-state index contributed by atoms with van der Waals surface area (Å²) in [6, 6.07) is 17.2. The van der Waals surface area contributed by atoms with E-state index >= 15 is 0 Å². The van der Waals surface area contributed by atoms with Crippen molar-refractivity contribution >= 4 is 23.1 Å². The number of nitrogens with zero attached hydrogens (tertiary/aromatic N) is 2. The van der Waals surface area contributed by atoms with Crippen molar-refractivity contribution in [2.24, 2.45) is 0 Å². The van der Waals surface area contributed by atoms with Crippen LogP contribution in [0, 0.1) is 0 Å². The van der Waals surface area contributed by atoms with E-state index in [2.05, 4.69) is 40.3 Å². The van der Waals surface area contributed by atoms with Crippen molar-refractivity contribution in [1.82, 2.24) is 9.47 Å². The van der Waals surface area contributed by atoms with E-state index in [0.717, 1.165) is 29.8 Å². The van der Waals surface area contributed by atoms with Gasteiger partial charge in [-0.2, -0.15) is 0 Å². The summed E-state index contributed by atoms with van der Waals surface area (Å²) in [7, 11) is 3.21. The molecule has 39 heavy (non-hydrogen) atoms. The van der Waals surface area contributed by atoms with Gasteiger partial charge in [-0.1, -0.05) is 12.1 Å². The van der Waals surface area contributed by atoms with Gasteiger partial charge in [0.2, 0.25) is 0 Å². The van der Waals surface area contributed by atoms with Gasteiger partial charge < -0.3 is 29.0 Å². The Hall–Kier alpha value is -3.91. The molecule has 6 rings (SSSR count). The van der Waals surface area contributed by atoms with E-state index in [-0.39, 0.29) is 12.1 Å². The highest BCUT2D eigenvalue weighted by atomic mass is 32.1. The molecule has 1 N–H and O–H groups in total. The predicted octanol–water partition coefficient (Wildman–Crippen LogP) is 6.97. The number of aromatic nitrogens is 1. The largest absolute Gasteiger partial charge is 0.497 e. The number of hydrogen-bond donors (Lipinski definition) is 1. The lowest BCUT2D eigenvalue weighted by atomic mass is 9.95. The summed E-state index contributed by atoms with van der Waals surface area (Å²) in [5, 5.41) is 4.38. The van der Waals surface area contributed by atoms with Crippen LogP contribution in [0.2, 0.25) is 0 Å². The predicted molar refractivity (Wildman–Crippen MR) is 154 cm³/mol. The lowest BCUT2D eigenvalue weighted by Crippen LogP contribution is -2.38. The number of amides is 2. The van der Waals surface area contributed by atoms with Crippen molar-refractivity contribution in [3.63, 3.8) is 0 Å². The minimum Gasteiger partial charge on any atom is -0.497 e. The fourth-order valence-electron chi connectivity index (χ4n) is 5.73. The Morgan fingerprint density at radius 2 is 1.72 bits per heavy atom. The molecule has 2 aromatic heterocycles. The first-order chi connectivity index (χ1) is 19.1. The maximum Gasteiger partial charge on any atom is 0.322 e. The number of carbonyl (C=O) groups is 1. The van der Waals surface area contributed by atoms with Crippen LogP contribution in [0.4, 0.5) is 10.5 Å². The second-order valence-corrected chi connectivity index (χ2v) is 10.9. The average Bonchev–Trinajstić information content (AvgIpc) is 3.55. The van der Waals surface area contributed by atoms with E-state index in [1.165, 1.54) is 33.8 Å². The first-order valence-electron chi connectivity index (χ1n) is 13.4. The molecule has 4 aromatic rings. The third-order valence-corrected chi connectivity index (χ3v) is 8.88. The van der Waals surface area contributed by atoms with Gasteiger partial charge in [0.25, 0.3) is 0 Å². The molecule has 2 aromatic carbocycles. The zero-order chi connectivity index (χ0) is 26.9. The van der Waals surface area contributed by atoms with Gasteiger partial charge in [0.1, 0.15) is 22.2 Å². The summed E-state index contributed by atoms with van der Waals surface area (Å²) in [6.07, 6.45) is 6.72. The highest BCUT2D eigenvalue weighted by Gasteiger charge is 2.36. The molecule has 0 fully saturated rings. The summed E-state index contributed by atoms with van der Waals surface area (Å²) < 4.78 is 18.9. The molecule has 0 radical (unpaired) electrons. The fourth-order valence-corrected chi connectivity index (χ4v) is 7.13. The molecule has 0 unspecified atom stereocenters. The van der Waals surface area contributed by atoms with Crippen molar-refractivity contribution in [3.05, 3.63) is 88.1 Å². The first-order valence-corrected chi connectivity index (χ1v) is 14.3. The fraction of sp³-hybridized carbons (Fsp3) is 0.323. The van der Waals surface area contributed by atoms with Crippen LogP contribution in [0.3, 0.4) is 0 Å². The molecule has 0 saturated carbocycles. The summed E-state index contributed by atoms with van der Waals surface area (Å²) >= 11 is 1.88. The van der Waals surface area contributed by atoms with Gasteiger partial charge in [-0.3, -0.25) is 0 Å². The van der Waals surface area contributed by atoms with Crippen molar-refractivity contribution in [2.75, 3.05) is 26.1 Å². The molecule has 1 aliphatic heterocycles.